The van der Waals surface area contributed by atoms with Crippen molar-refractivity contribution in [2.75, 3.05) is 26.2 Å². The van der Waals surface area contributed by atoms with Crippen LogP contribution in [0.2, 0.25) is 0 Å². The lowest BCUT2D eigenvalue weighted by Gasteiger charge is -2.34. The van der Waals surface area contributed by atoms with E-state index >= 15 is 0 Å². The van der Waals surface area contributed by atoms with Crippen molar-refractivity contribution in [3.05, 3.63) is 65.7 Å². The minimum atomic E-state index is -4.15. The zero-order valence-electron chi connectivity index (χ0n) is 15.5. The predicted molar refractivity (Wildman–Crippen MR) is 101 cm³/mol. The average molecular weight is 408 g/mol. The van der Waals surface area contributed by atoms with Gasteiger partial charge in [-0.15, -0.1) is 0 Å². The Morgan fingerprint density at radius 3 is 2.32 bits per heavy atom. The highest BCUT2D eigenvalue weighted by Gasteiger charge is 2.32. The van der Waals surface area contributed by atoms with Crippen LogP contribution in [0.1, 0.15) is 24.8 Å². The number of halogens is 2. The molecule has 1 atom stereocenters. The molecule has 1 heterocycles. The fraction of sp³-hybridized carbons (Fsp3) is 0.350. The maximum absolute atomic E-state index is 13.9. The highest BCUT2D eigenvalue weighted by molar-refractivity contribution is 7.89. The Morgan fingerprint density at radius 2 is 1.68 bits per heavy atom. The fourth-order valence-electron chi connectivity index (χ4n) is 3.28. The third kappa shape index (κ3) is 4.39. The number of sulfonamides is 1. The minimum absolute atomic E-state index is 0.0454. The van der Waals surface area contributed by atoms with E-state index in [0.717, 1.165) is 22.0 Å². The molecule has 1 aliphatic rings. The summed E-state index contributed by atoms with van der Waals surface area (Å²) in [5.41, 5.74) is 1.07. The molecule has 0 unspecified atom stereocenters. The van der Waals surface area contributed by atoms with Crippen molar-refractivity contribution in [3.63, 3.8) is 0 Å². The van der Waals surface area contributed by atoms with E-state index in [1.165, 1.54) is 0 Å². The third-order valence-corrected chi connectivity index (χ3v) is 6.87. The second kappa shape index (κ2) is 8.36. The molecule has 1 saturated heterocycles. The lowest BCUT2D eigenvalue weighted by molar-refractivity contribution is -0.132. The SMILES string of the molecule is C[C@H](CC(=O)N1CCN(S(=O)(=O)c2cc(F)ccc2F)CC1)c1ccccc1. The van der Waals surface area contributed by atoms with Crippen LogP contribution in [0.25, 0.3) is 0 Å². The zero-order valence-corrected chi connectivity index (χ0v) is 16.3. The summed E-state index contributed by atoms with van der Waals surface area (Å²) in [5, 5.41) is 0. The van der Waals surface area contributed by atoms with Crippen molar-refractivity contribution in [3.8, 4) is 0 Å². The number of piperazine rings is 1. The van der Waals surface area contributed by atoms with E-state index in [-0.39, 0.29) is 38.0 Å². The minimum Gasteiger partial charge on any atom is -0.340 e. The van der Waals surface area contributed by atoms with Crippen LogP contribution in [0.5, 0.6) is 0 Å². The van der Waals surface area contributed by atoms with Crippen LogP contribution in [0.15, 0.2) is 53.4 Å². The quantitative estimate of drug-likeness (QED) is 0.764. The van der Waals surface area contributed by atoms with Gasteiger partial charge >= 0.3 is 0 Å². The van der Waals surface area contributed by atoms with Gasteiger partial charge in [0.1, 0.15) is 16.5 Å². The van der Waals surface area contributed by atoms with E-state index < -0.39 is 26.6 Å². The van der Waals surface area contributed by atoms with E-state index in [4.69, 9.17) is 0 Å². The Balaban J connectivity index is 1.62. The van der Waals surface area contributed by atoms with Gasteiger partial charge in [-0.3, -0.25) is 4.79 Å². The van der Waals surface area contributed by atoms with Crippen LogP contribution < -0.4 is 0 Å². The first-order chi connectivity index (χ1) is 13.3. The van der Waals surface area contributed by atoms with Gasteiger partial charge in [0.15, 0.2) is 0 Å². The first-order valence-corrected chi connectivity index (χ1v) is 10.5. The van der Waals surface area contributed by atoms with E-state index in [0.29, 0.717) is 12.5 Å². The fourth-order valence-corrected chi connectivity index (χ4v) is 4.78. The molecule has 8 heteroatoms. The van der Waals surface area contributed by atoms with Crippen molar-refractivity contribution in [2.24, 2.45) is 0 Å². The molecule has 0 saturated carbocycles. The van der Waals surface area contributed by atoms with Crippen molar-refractivity contribution in [1.29, 1.82) is 0 Å². The third-order valence-electron chi connectivity index (χ3n) is 4.95. The van der Waals surface area contributed by atoms with Gasteiger partial charge in [0.2, 0.25) is 15.9 Å². The average Bonchev–Trinajstić information content (AvgIpc) is 2.70. The number of carbonyl (C=O) groups excluding carboxylic acids is 1. The van der Waals surface area contributed by atoms with Gasteiger partial charge in [0, 0.05) is 32.6 Å². The number of hydrogen-bond donors (Lipinski definition) is 0. The molecule has 5 nitrogen and oxygen atoms in total. The standard InChI is InChI=1S/C20H22F2N2O3S/c1-15(16-5-3-2-4-6-16)13-20(25)23-9-11-24(12-10-23)28(26,27)19-14-17(21)7-8-18(19)22/h2-8,14-15H,9-13H2,1H3/t15-/m1/s1. The summed E-state index contributed by atoms with van der Waals surface area (Å²) < 4.78 is 53.6. The molecule has 0 aromatic heterocycles. The molecular weight excluding hydrogens is 386 g/mol. The molecule has 0 N–H and O–H groups in total. The molecule has 1 aliphatic heterocycles. The molecule has 2 aromatic carbocycles. The maximum atomic E-state index is 13.9. The summed E-state index contributed by atoms with van der Waals surface area (Å²) in [5.74, 6) is -1.80. The molecule has 0 bridgehead atoms. The monoisotopic (exact) mass is 408 g/mol. The molecule has 1 amide bonds. The summed E-state index contributed by atoms with van der Waals surface area (Å²) in [6.45, 7) is 2.50. The highest BCUT2D eigenvalue weighted by atomic mass is 32.2. The first kappa shape index (κ1) is 20.4. The van der Waals surface area contributed by atoms with Gasteiger partial charge in [-0.05, 0) is 29.7 Å². The summed E-state index contributed by atoms with van der Waals surface area (Å²) in [6.07, 6.45) is 0.329. The lowest BCUT2D eigenvalue weighted by Crippen LogP contribution is -2.50. The predicted octanol–water partition coefficient (Wildman–Crippen LogP) is 2.99. The van der Waals surface area contributed by atoms with Crippen LogP contribution >= 0.6 is 0 Å². The maximum Gasteiger partial charge on any atom is 0.246 e. The second-order valence-corrected chi connectivity index (χ2v) is 8.78. The van der Waals surface area contributed by atoms with Gasteiger partial charge in [-0.25, -0.2) is 17.2 Å². The number of hydrogen-bond acceptors (Lipinski definition) is 3. The lowest BCUT2D eigenvalue weighted by atomic mass is 9.97. The second-order valence-electron chi connectivity index (χ2n) is 6.88. The largest absolute Gasteiger partial charge is 0.340 e. The number of rotatable bonds is 5. The first-order valence-electron chi connectivity index (χ1n) is 9.07. The molecule has 1 fully saturated rings. The van der Waals surface area contributed by atoms with Crippen molar-refractivity contribution in [2.45, 2.75) is 24.2 Å². The molecule has 2 aromatic rings. The van der Waals surface area contributed by atoms with E-state index in [2.05, 4.69) is 0 Å². The number of nitrogens with zero attached hydrogens (tertiary/aromatic N) is 2. The van der Waals surface area contributed by atoms with E-state index in [1.807, 2.05) is 37.3 Å². The Morgan fingerprint density at radius 1 is 1.04 bits per heavy atom. The van der Waals surface area contributed by atoms with Crippen LogP contribution in [0, 0.1) is 11.6 Å². The summed E-state index contributed by atoms with van der Waals surface area (Å²) >= 11 is 0. The van der Waals surface area contributed by atoms with Crippen molar-refractivity contribution in [1.82, 2.24) is 9.21 Å². The van der Waals surface area contributed by atoms with Crippen LogP contribution in [0.4, 0.5) is 8.78 Å². The topological polar surface area (TPSA) is 57.7 Å². The van der Waals surface area contributed by atoms with Crippen LogP contribution in [0.3, 0.4) is 0 Å². The number of amides is 1. The molecule has 0 radical (unpaired) electrons. The summed E-state index contributed by atoms with van der Waals surface area (Å²) in [6, 6.07) is 12.1. The van der Waals surface area contributed by atoms with Crippen molar-refractivity contribution >= 4 is 15.9 Å². The normalized spacial score (nSPS) is 16.8. The van der Waals surface area contributed by atoms with Gasteiger partial charge < -0.3 is 4.90 Å². The summed E-state index contributed by atoms with van der Waals surface area (Å²) in [4.78, 5) is 13.5. The molecule has 0 spiro atoms. The van der Waals surface area contributed by atoms with Gasteiger partial charge in [0.05, 0.1) is 0 Å². The van der Waals surface area contributed by atoms with Crippen molar-refractivity contribution < 1.29 is 22.0 Å². The Kier molecular flexibility index (Phi) is 6.10. The molecule has 0 aliphatic carbocycles. The van der Waals surface area contributed by atoms with E-state index in [1.54, 1.807) is 4.90 Å². The molecule has 3 rings (SSSR count). The van der Waals surface area contributed by atoms with E-state index in [9.17, 15) is 22.0 Å². The molecule has 28 heavy (non-hydrogen) atoms. The summed E-state index contributed by atoms with van der Waals surface area (Å²) in [7, 11) is -4.15. The van der Waals surface area contributed by atoms with Gasteiger partial charge in [-0.2, -0.15) is 4.31 Å². The van der Waals surface area contributed by atoms with Gasteiger partial charge in [0.25, 0.3) is 0 Å². The highest BCUT2D eigenvalue weighted by Crippen LogP contribution is 2.23. The zero-order chi connectivity index (χ0) is 20.3. The Bertz CT molecular complexity index is 943. The number of carbonyl (C=O) groups is 1. The smallest absolute Gasteiger partial charge is 0.246 e. The molecular formula is C20H22F2N2O3S. The number of benzene rings is 2. The Labute approximate surface area is 163 Å². The van der Waals surface area contributed by atoms with Gasteiger partial charge in [-0.1, -0.05) is 37.3 Å². The Hall–Kier alpha value is -2.32. The molecule has 150 valence electrons. The van der Waals surface area contributed by atoms with Crippen LogP contribution in [-0.4, -0.2) is 49.7 Å². The van der Waals surface area contributed by atoms with Crippen LogP contribution in [-0.2, 0) is 14.8 Å².